The summed E-state index contributed by atoms with van der Waals surface area (Å²) in [7, 11) is 3.33. The van der Waals surface area contributed by atoms with E-state index in [0.717, 1.165) is 48.7 Å². The van der Waals surface area contributed by atoms with Gasteiger partial charge in [0.1, 0.15) is 22.8 Å². The summed E-state index contributed by atoms with van der Waals surface area (Å²) in [6.07, 6.45) is 4.78. The maximum absolute atomic E-state index is 13.1. The lowest BCUT2D eigenvalue weighted by molar-refractivity contribution is 0.0944. The van der Waals surface area contributed by atoms with Crippen LogP contribution < -0.4 is 19.7 Å². The molecule has 4 aromatic rings. The molecule has 0 aliphatic carbocycles. The van der Waals surface area contributed by atoms with Gasteiger partial charge in [0.2, 0.25) is 0 Å². The van der Waals surface area contributed by atoms with Gasteiger partial charge in [0.05, 0.1) is 19.9 Å². The molecule has 1 fully saturated rings. The zero-order valence-corrected chi connectivity index (χ0v) is 21.7. The Morgan fingerprint density at radius 1 is 0.973 bits per heavy atom. The standard InChI is InChI=1S/C30H34N4O3/c1-4-27-29(34-18-15-26(37-3)19-28(34)32-27)30(35)31-20-21-5-9-24(10-6-21)33-16-13-23(14-17-33)22-7-11-25(36-2)12-8-22/h5-12,15,18-19,23H,4,13-14,16-17,20H2,1-3H3,(H,31,35). The summed E-state index contributed by atoms with van der Waals surface area (Å²) in [6, 6.07) is 20.7. The summed E-state index contributed by atoms with van der Waals surface area (Å²) in [5, 5.41) is 3.07. The molecular weight excluding hydrogens is 464 g/mol. The van der Waals surface area contributed by atoms with Gasteiger partial charge in [-0.2, -0.15) is 0 Å². The monoisotopic (exact) mass is 498 g/mol. The van der Waals surface area contributed by atoms with E-state index in [1.165, 1.54) is 11.3 Å². The number of amides is 1. The van der Waals surface area contributed by atoms with Gasteiger partial charge in [-0.15, -0.1) is 0 Å². The topological polar surface area (TPSA) is 68.1 Å². The molecular formula is C30H34N4O3. The zero-order chi connectivity index (χ0) is 25.8. The summed E-state index contributed by atoms with van der Waals surface area (Å²) in [4.78, 5) is 20.2. The summed E-state index contributed by atoms with van der Waals surface area (Å²) >= 11 is 0. The van der Waals surface area contributed by atoms with Crippen molar-refractivity contribution in [2.75, 3.05) is 32.2 Å². The van der Waals surface area contributed by atoms with Gasteiger partial charge in [-0.1, -0.05) is 31.2 Å². The predicted octanol–water partition coefficient (Wildman–Crippen LogP) is 5.23. The number of carbonyl (C=O) groups excluding carboxylic acids is 1. The Morgan fingerprint density at radius 2 is 1.68 bits per heavy atom. The smallest absolute Gasteiger partial charge is 0.270 e. The van der Waals surface area contributed by atoms with Crippen molar-refractivity contribution in [1.82, 2.24) is 14.7 Å². The molecule has 0 atom stereocenters. The number of imidazole rings is 1. The van der Waals surface area contributed by atoms with Crippen LogP contribution in [0.2, 0.25) is 0 Å². The van der Waals surface area contributed by atoms with E-state index in [0.29, 0.717) is 30.2 Å². The number of ether oxygens (including phenoxy) is 2. The Hall–Kier alpha value is -4.00. The summed E-state index contributed by atoms with van der Waals surface area (Å²) in [6.45, 7) is 4.54. The van der Waals surface area contributed by atoms with Crippen molar-refractivity contribution in [3.63, 3.8) is 0 Å². The minimum atomic E-state index is -0.126. The number of rotatable bonds is 8. The third-order valence-corrected chi connectivity index (χ3v) is 7.29. The third-order valence-electron chi connectivity index (χ3n) is 7.29. The largest absolute Gasteiger partial charge is 0.497 e. The number of nitrogens with one attached hydrogen (secondary N) is 1. The second kappa shape index (κ2) is 10.9. The van der Waals surface area contributed by atoms with Gasteiger partial charge in [0, 0.05) is 37.6 Å². The Labute approximate surface area is 218 Å². The van der Waals surface area contributed by atoms with Crippen molar-refractivity contribution in [2.24, 2.45) is 0 Å². The lowest BCUT2D eigenvalue weighted by Crippen LogP contribution is -2.32. The number of methoxy groups -OCH3 is 2. The molecule has 2 aromatic heterocycles. The van der Waals surface area contributed by atoms with Crippen LogP contribution in [-0.4, -0.2) is 42.6 Å². The number of hydrogen-bond acceptors (Lipinski definition) is 5. The fraction of sp³-hybridized carbons (Fsp3) is 0.333. The summed E-state index contributed by atoms with van der Waals surface area (Å²) in [5.41, 5.74) is 5.76. The molecule has 0 spiro atoms. The van der Waals surface area contributed by atoms with Crippen molar-refractivity contribution >= 4 is 17.2 Å². The summed E-state index contributed by atoms with van der Waals surface area (Å²) in [5.74, 6) is 2.09. The Morgan fingerprint density at radius 3 is 2.32 bits per heavy atom. The van der Waals surface area contributed by atoms with Gasteiger partial charge >= 0.3 is 0 Å². The maximum atomic E-state index is 13.1. The number of aromatic nitrogens is 2. The first-order valence-electron chi connectivity index (χ1n) is 12.9. The number of piperidine rings is 1. The van der Waals surface area contributed by atoms with E-state index in [1.54, 1.807) is 14.2 Å². The molecule has 1 saturated heterocycles. The number of nitrogens with zero attached hydrogens (tertiary/aromatic N) is 3. The highest BCUT2D eigenvalue weighted by Gasteiger charge is 2.21. The van der Waals surface area contributed by atoms with Crippen LogP contribution >= 0.6 is 0 Å². The van der Waals surface area contributed by atoms with Crippen LogP contribution in [0, 0.1) is 0 Å². The van der Waals surface area contributed by atoms with Gasteiger partial charge in [-0.3, -0.25) is 9.20 Å². The molecule has 0 unspecified atom stereocenters. The van der Waals surface area contributed by atoms with Crippen molar-refractivity contribution in [2.45, 2.75) is 38.6 Å². The fourth-order valence-corrected chi connectivity index (χ4v) is 5.13. The normalized spacial score (nSPS) is 14.1. The second-order valence-electron chi connectivity index (χ2n) is 9.44. The van der Waals surface area contributed by atoms with Crippen molar-refractivity contribution < 1.29 is 14.3 Å². The quantitative estimate of drug-likeness (QED) is 0.360. The second-order valence-corrected chi connectivity index (χ2v) is 9.44. The van der Waals surface area contributed by atoms with E-state index in [9.17, 15) is 4.79 Å². The molecule has 0 radical (unpaired) electrons. The molecule has 3 heterocycles. The summed E-state index contributed by atoms with van der Waals surface area (Å²) < 4.78 is 12.4. The Kier molecular flexibility index (Phi) is 7.30. The number of fused-ring (bicyclic) bond motifs is 1. The molecule has 5 rings (SSSR count). The minimum Gasteiger partial charge on any atom is -0.497 e. The van der Waals surface area contributed by atoms with Crippen LogP contribution in [0.1, 0.15) is 53.0 Å². The predicted molar refractivity (Wildman–Crippen MR) is 146 cm³/mol. The van der Waals surface area contributed by atoms with E-state index in [-0.39, 0.29) is 5.91 Å². The van der Waals surface area contributed by atoms with Crippen LogP contribution in [0.15, 0.2) is 66.9 Å². The first-order chi connectivity index (χ1) is 18.1. The average Bonchev–Trinajstić information content (AvgIpc) is 3.34. The molecule has 1 amide bonds. The lowest BCUT2D eigenvalue weighted by atomic mass is 9.89. The molecule has 0 saturated carbocycles. The van der Waals surface area contributed by atoms with Crippen LogP contribution in [-0.2, 0) is 13.0 Å². The van der Waals surface area contributed by atoms with Gasteiger partial charge < -0.3 is 19.7 Å². The van der Waals surface area contributed by atoms with Crippen LogP contribution in [0.4, 0.5) is 5.69 Å². The number of benzene rings is 2. The van der Waals surface area contributed by atoms with Gasteiger partial charge in [-0.05, 0) is 66.6 Å². The highest BCUT2D eigenvalue weighted by molar-refractivity contribution is 5.94. The number of anilines is 1. The lowest BCUT2D eigenvalue weighted by Gasteiger charge is -2.34. The highest BCUT2D eigenvalue weighted by Crippen LogP contribution is 2.31. The molecule has 37 heavy (non-hydrogen) atoms. The van der Waals surface area contributed by atoms with E-state index < -0.39 is 0 Å². The Bertz CT molecular complexity index is 1350. The first-order valence-corrected chi connectivity index (χ1v) is 12.9. The van der Waals surface area contributed by atoms with Crippen LogP contribution in [0.3, 0.4) is 0 Å². The van der Waals surface area contributed by atoms with Crippen molar-refractivity contribution in [3.8, 4) is 11.5 Å². The van der Waals surface area contributed by atoms with Crippen LogP contribution in [0.5, 0.6) is 11.5 Å². The van der Waals surface area contributed by atoms with Crippen molar-refractivity contribution in [3.05, 3.63) is 89.4 Å². The number of pyridine rings is 1. The fourth-order valence-electron chi connectivity index (χ4n) is 5.13. The Balaban J connectivity index is 1.18. The van der Waals surface area contributed by atoms with Crippen LogP contribution in [0.25, 0.3) is 5.65 Å². The highest BCUT2D eigenvalue weighted by atomic mass is 16.5. The molecule has 1 aliphatic heterocycles. The van der Waals surface area contributed by atoms with Gasteiger partial charge in [0.25, 0.3) is 5.91 Å². The molecule has 0 bridgehead atoms. The number of aryl methyl sites for hydroxylation is 1. The molecule has 7 heteroatoms. The third kappa shape index (κ3) is 5.26. The molecule has 7 nitrogen and oxygen atoms in total. The number of hydrogen-bond donors (Lipinski definition) is 1. The van der Waals surface area contributed by atoms with E-state index >= 15 is 0 Å². The SMILES string of the molecule is CCc1nc2cc(OC)ccn2c1C(=O)NCc1ccc(N2CCC(c3ccc(OC)cc3)CC2)cc1. The minimum absolute atomic E-state index is 0.126. The molecule has 2 aromatic carbocycles. The molecule has 1 aliphatic rings. The first kappa shape index (κ1) is 24.7. The van der Waals surface area contributed by atoms with Gasteiger partial charge in [0.15, 0.2) is 0 Å². The van der Waals surface area contributed by atoms with E-state index in [2.05, 4.69) is 63.7 Å². The number of carbonyl (C=O) groups is 1. The van der Waals surface area contributed by atoms with E-state index in [4.69, 9.17) is 9.47 Å². The van der Waals surface area contributed by atoms with Gasteiger partial charge in [-0.25, -0.2) is 4.98 Å². The maximum Gasteiger partial charge on any atom is 0.270 e. The zero-order valence-electron chi connectivity index (χ0n) is 21.7. The van der Waals surface area contributed by atoms with E-state index in [1.807, 2.05) is 29.7 Å². The average molecular weight is 499 g/mol. The molecule has 192 valence electrons. The van der Waals surface area contributed by atoms with Crippen molar-refractivity contribution in [1.29, 1.82) is 0 Å². The molecule has 1 N–H and O–H groups in total.